The van der Waals surface area contributed by atoms with Crippen molar-refractivity contribution in [2.24, 2.45) is 0 Å². The van der Waals surface area contributed by atoms with Gasteiger partial charge in [0.05, 0.1) is 19.3 Å². The van der Waals surface area contributed by atoms with Crippen LogP contribution in [0.15, 0.2) is 0 Å². The fraction of sp³-hybridized carbons (Fsp3) is 1.00. The van der Waals surface area contributed by atoms with E-state index in [4.69, 9.17) is 9.47 Å². The van der Waals surface area contributed by atoms with E-state index in [1.54, 1.807) is 0 Å². The van der Waals surface area contributed by atoms with Gasteiger partial charge in [0.1, 0.15) is 0 Å². The third kappa shape index (κ3) is 4.92. The first kappa shape index (κ1) is 13.3. The lowest BCUT2D eigenvalue weighted by molar-refractivity contribution is -0.0641. The number of hydrogen-bond donors (Lipinski definition) is 1. The summed E-state index contributed by atoms with van der Waals surface area (Å²) in [5.74, 6) is 0. The maximum atomic E-state index is 5.73. The number of morpholine rings is 1. The van der Waals surface area contributed by atoms with Crippen LogP contribution in [-0.2, 0) is 9.47 Å². The second-order valence-corrected chi connectivity index (χ2v) is 5.27. The molecule has 17 heavy (non-hydrogen) atoms. The van der Waals surface area contributed by atoms with Crippen molar-refractivity contribution < 1.29 is 9.47 Å². The highest BCUT2D eigenvalue weighted by Crippen LogP contribution is 2.10. The Morgan fingerprint density at radius 3 is 3.12 bits per heavy atom. The van der Waals surface area contributed by atoms with Crippen LogP contribution in [0.25, 0.3) is 0 Å². The van der Waals surface area contributed by atoms with Crippen molar-refractivity contribution in [3.63, 3.8) is 0 Å². The molecule has 2 saturated heterocycles. The van der Waals surface area contributed by atoms with Crippen LogP contribution in [0.5, 0.6) is 0 Å². The van der Waals surface area contributed by atoms with Gasteiger partial charge in [-0.1, -0.05) is 6.42 Å². The van der Waals surface area contributed by atoms with Crippen LogP contribution in [0.3, 0.4) is 0 Å². The minimum atomic E-state index is 0.271. The molecule has 2 unspecified atom stereocenters. The van der Waals surface area contributed by atoms with Crippen LogP contribution in [0.4, 0.5) is 0 Å². The summed E-state index contributed by atoms with van der Waals surface area (Å²) in [6.07, 6.45) is 5.43. The molecule has 2 fully saturated rings. The minimum absolute atomic E-state index is 0.271. The molecule has 0 saturated carbocycles. The van der Waals surface area contributed by atoms with E-state index in [1.807, 2.05) is 0 Å². The summed E-state index contributed by atoms with van der Waals surface area (Å²) in [5, 5.41) is 3.55. The first-order valence-electron chi connectivity index (χ1n) is 6.96. The topological polar surface area (TPSA) is 33.7 Å². The molecular formula is C13H26N2O2. The van der Waals surface area contributed by atoms with Gasteiger partial charge in [-0.15, -0.1) is 0 Å². The summed E-state index contributed by atoms with van der Waals surface area (Å²) in [6.45, 7) is 5.68. The van der Waals surface area contributed by atoms with Gasteiger partial charge >= 0.3 is 0 Å². The highest BCUT2D eigenvalue weighted by molar-refractivity contribution is 4.72. The van der Waals surface area contributed by atoms with Crippen molar-refractivity contribution in [2.45, 2.75) is 37.8 Å². The molecule has 0 bridgehead atoms. The van der Waals surface area contributed by atoms with Gasteiger partial charge in [-0.3, -0.25) is 0 Å². The van der Waals surface area contributed by atoms with E-state index < -0.39 is 0 Å². The third-order valence-corrected chi connectivity index (χ3v) is 3.67. The Balaban J connectivity index is 1.50. The van der Waals surface area contributed by atoms with Crippen molar-refractivity contribution >= 4 is 0 Å². The molecule has 2 rings (SSSR count). The molecule has 0 spiro atoms. The first-order chi connectivity index (χ1) is 8.34. The smallest absolute Gasteiger partial charge is 0.0935 e. The Hall–Kier alpha value is -0.160. The lowest BCUT2D eigenvalue weighted by Crippen LogP contribution is -2.42. The predicted molar refractivity (Wildman–Crippen MR) is 68.3 cm³/mol. The summed E-state index contributed by atoms with van der Waals surface area (Å²) in [7, 11) is 2.14. The van der Waals surface area contributed by atoms with Crippen LogP contribution in [0.1, 0.15) is 25.7 Å². The fourth-order valence-electron chi connectivity index (χ4n) is 2.58. The van der Waals surface area contributed by atoms with E-state index in [-0.39, 0.29) is 6.10 Å². The maximum absolute atomic E-state index is 5.73. The van der Waals surface area contributed by atoms with E-state index in [0.717, 1.165) is 39.3 Å². The van der Waals surface area contributed by atoms with Crippen molar-refractivity contribution in [1.29, 1.82) is 0 Å². The molecule has 2 aliphatic heterocycles. The van der Waals surface area contributed by atoms with Crippen molar-refractivity contribution in [1.82, 2.24) is 10.2 Å². The number of piperidine rings is 1. The quantitative estimate of drug-likeness (QED) is 0.725. The van der Waals surface area contributed by atoms with Crippen LogP contribution in [0, 0.1) is 0 Å². The molecule has 0 aliphatic carbocycles. The van der Waals surface area contributed by atoms with E-state index in [0.29, 0.717) is 6.04 Å². The first-order valence-corrected chi connectivity index (χ1v) is 6.96. The highest BCUT2D eigenvalue weighted by Gasteiger charge is 2.18. The molecule has 2 atom stereocenters. The van der Waals surface area contributed by atoms with Crippen LogP contribution in [-0.4, -0.2) is 63.5 Å². The molecule has 0 aromatic carbocycles. The predicted octanol–water partition coefficient (Wildman–Crippen LogP) is 0.866. The molecule has 4 heteroatoms. The number of nitrogens with one attached hydrogen (secondary N) is 1. The number of ether oxygens (including phenoxy) is 2. The minimum Gasteiger partial charge on any atom is -0.379 e. The zero-order valence-electron chi connectivity index (χ0n) is 11.0. The largest absolute Gasteiger partial charge is 0.379 e. The van der Waals surface area contributed by atoms with Gasteiger partial charge < -0.3 is 19.7 Å². The van der Waals surface area contributed by atoms with Gasteiger partial charge in [-0.25, -0.2) is 0 Å². The zero-order valence-corrected chi connectivity index (χ0v) is 11.0. The number of likely N-dealkylation sites (N-methyl/N-ethyl adjacent to an activating group) is 1. The van der Waals surface area contributed by atoms with Gasteiger partial charge in [0.15, 0.2) is 0 Å². The molecule has 4 nitrogen and oxygen atoms in total. The van der Waals surface area contributed by atoms with Gasteiger partial charge in [0.25, 0.3) is 0 Å². The summed E-state index contributed by atoms with van der Waals surface area (Å²) >= 11 is 0. The summed E-state index contributed by atoms with van der Waals surface area (Å²) in [6, 6.07) is 0.679. The Morgan fingerprint density at radius 1 is 1.41 bits per heavy atom. The molecular weight excluding hydrogens is 216 g/mol. The van der Waals surface area contributed by atoms with E-state index in [1.165, 1.54) is 25.8 Å². The summed E-state index contributed by atoms with van der Waals surface area (Å²) in [4.78, 5) is 2.31. The van der Waals surface area contributed by atoms with Crippen LogP contribution in [0.2, 0.25) is 0 Å². The average Bonchev–Trinajstić information content (AvgIpc) is 2.36. The fourth-order valence-corrected chi connectivity index (χ4v) is 2.58. The van der Waals surface area contributed by atoms with E-state index >= 15 is 0 Å². The Labute approximate surface area is 105 Å². The van der Waals surface area contributed by atoms with Crippen molar-refractivity contribution in [3.05, 3.63) is 0 Å². The van der Waals surface area contributed by atoms with Crippen LogP contribution < -0.4 is 5.32 Å². The number of hydrogen-bond acceptors (Lipinski definition) is 4. The van der Waals surface area contributed by atoms with Crippen molar-refractivity contribution in [2.75, 3.05) is 46.5 Å². The third-order valence-electron chi connectivity index (χ3n) is 3.67. The molecule has 0 aromatic rings. The molecule has 2 aliphatic rings. The summed E-state index contributed by atoms with van der Waals surface area (Å²) in [5.41, 5.74) is 0. The number of nitrogens with zero attached hydrogens (tertiary/aromatic N) is 1. The van der Waals surface area contributed by atoms with E-state index in [9.17, 15) is 0 Å². The lowest BCUT2D eigenvalue weighted by Gasteiger charge is -2.30. The van der Waals surface area contributed by atoms with Gasteiger partial charge in [0, 0.05) is 25.7 Å². The van der Waals surface area contributed by atoms with Gasteiger partial charge in [0.2, 0.25) is 0 Å². The molecule has 0 amide bonds. The standard InChI is InChI=1S/C13H26N2O2/c1-15-7-9-17-13(10-15)11-16-8-5-12-4-2-3-6-14-12/h12-14H,2-11H2,1H3. The molecule has 2 heterocycles. The second kappa shape index (κ2) is 7.31. The van der Waals surface area contributed by atoms with Gasteiger partial charge in [-0.05, 0) is 32.9 Å². The highest BCUT2D eigenvalue weighted by atomic mass is 16.5. The lowest BCUT2D eigenvalue weighted by atomic mass is 10.0. The Kier molecular flexibility index (Phi) is 5.71. The Morgan fingerprint density at radius 2 is 2.35 bits per heavy atom. The molecule has 1 N–H and O–H groups in total. The second-order valence-electron chi connectivity index (χ2n) is 5.27. The average molecular weight is 242 g/mol. The monoisotopic (exact) mass is 242 g/mol. The normalized spacial score (nSPS) is 31.6. The maximum Gasteiger partial charge on any atom is 0.0935 e. The molecule has 100 valence electrons. The number of rotatable bonds is 5. The van der Waals surface area contributed by atoms with Crippen molar-refractivity contribution in [3.8, 4) is 0 Å². The molecule has 0 aromatic heterocycles. The summed E-state index contributed by atoms with van der Waals surface area (Å²) < 4.78 is 11.4. The zero-order chi connectivity index (χ0) is 11.9. The Bertz CT molecular complexity index is 208. The van der Waals surface area contributed by atoms with E-state index in [2.05, 4.69) is 17.3 Å². The molecule has 0 radical (unpaired) electrons. The SMILES string of the molecule is CN1CCOC(COCCC2CCCCN2)C1. The van der Waals surface area contributed by atoms with Crippen LogP contribution >= 0.6 is 0 Å². The van der Waals surface area contributed by atoms with Gasteiger partial charge in [-0.2, -0.15) is 0 Å².